The number of carbonyl (C=O) groups excluding carboxylic acids is 1. The van der Waals surface area contributed by atoms with Crippen LogP contribution in [0.15, 0.2) is 0 Å². The summed E-state index contributed by atoms with van der Waals surface area (Å²) in [5.74, 6) is 0. The van der Waals surface area contributed by atoms with E-state index in [1.165, 1.54) is 44.9 Å². The Morgan fingerprint density at radius 1 is 1.11 bits per heavy atom. The first-order valence-electron chi connectivity index (χ1n) is 8.23. The molecule has 0 saturated carbocycles. The molecule has 0 aromatic rings. The highest BCUT2D eigenvalue weighted by atomic mass is 16.6. The third-order valence-corrected chi connectivity index (χ3v) is 4.02. The van der Waals surface area contributed by atoms with Crippen molar-refractivity contribution in [3.8, 4) is 0 Å². The molecule has 1 rings (SSSR count). The molecule has 1 saturated heterocycles. The first-order valence-corrected chi connectivity index (χ1v) is 8.23. The lowest BCUT2D eigenvalue weighted by molar-refractivity contribution is 0.0737. The van der Waals surface area contributed by atoms with E-state index in [2.05, 4.69) is 6.92 Å². The molecule has 1 fully saturated rings. The van der Waals surface area contributed by atoms with E-state index in [1.54, 1.807) is 0 Å². The van der Waals surface area contributed by atoms with Gasteiger partial charge < -0.3 is 9.64 Å². The second-order valence-corrected chi connectivity index (χ2v) is 5.60. The van der Waals surface area contributed by atoms with E-state index in [-0.39, 0.29) is 6.09 Å². The Balaban J connectivity index is 2.22. The highest BCUT2D eigenvalue weighted by Gasteiger charge is 2.26. The summed E-state index contributed by atoms with van der Waals surface area (Å²) in [6, 6.07) is 0.430. The number of unbranched alkanes of at least 4 members (excludes halogenated alkanes) is 5. The van der Waals surface area contributed by atoms with Crippen molar-refractivity contribution < 1.29 is 9.53 Å². The number of carbonyl (C=O) groups is 1. The molecule has 112 valence electrons. The third kappa shape index (κ3) is 6.31. The molecule has 0 aliphatic carbocycles. The van der Waals surface area contributed by atoms with Gasteiger partial charge in [0.1, 0.15) is 0 Å². The fourth-order valence-electron chi connectivity index (χ4n) is 2.91. The fraction of sp³-hybridized carbons (Fsp3) is 0.938. The standard InChI is InChI=1S/C16H31NO2/c1-3-5-6-7-8-9-12-15-13-10-11-14-17(15)16(18)19-4-2/h15H,3-14H2,1-2H3. The summed E-state index contributed by atoms with van der Waals surface area (Å²) in [5.41, 5.74) is 0. The zero-order valence-corrected chi connectivity index (χ0v) is 12.8. The quantitative estimate of drug-likeness (QED) is 0.595. The van der Waals surface area contributed by atoms with Crippen LogP contribution in [0.1, 0.15) is 78.1 Å². The smallest absolute Gasteiger partial charge is 0.409 e. The predicted molar refractivity (Wildman–Crippen MR) is 79.4 cm³/mol. The van der Waals surface area contributed by atoms with Gasteiger partial charge in [0.2, 0.25) is 0 Å². The molecule has 0 aromatic carbocycles. The Labute approximate surface area is 118 Å². The van der Waals surface area contributed by atoms with Gasteiger partial charge in [-0.05, 0) is 32.6 Å². The first kappa shape index (κ1) is 16.3. The largest absolute Gasteiger partial charge is 0.450 e. The number of piperidine rings is 1. The minimum atomic E-state index is -0.0989. The van der Waals surface area contributed by atoms with Crippen molar-refractivity contribution in [1.82, 2.24) is 4.90 Å². The van der Waals surface area contributed by atoms with Crippen molar-refractivity contribution in [3.05, 3.63) is 0 Å². The Morgan fingerprint density at radius 2 is 1.84 bits per heavy atom. The summed E-state index contributed by atoms with van der Waals surface area (Å²) < 4.78 is 5.16. The number of hydrogen-bond acceptors (Lipinski definition) is 2. The molecule has 1 heterocycles. The molecule has 1 unspecified atom stereocenters. The number of likely N-dealkylation sites (tertiary alicyclic amines) is 1. The van der Waals surface area contributed by atoms with Crippen LogP contribution in [-0.4, -0.2) is 30.2 Å². The van der Waals surface area contributed by atoms with Gasteiger partial charge in [0.25, 0.3) is 0 Å². The predicted octanol–water partition coefficient (Wildman–Crippen LogP) is 4.75. The van der Waals surface area contributed by atoms with Gasteiger partial charge >= 0.3 is 6.09 Å². The maximum Gasteiger partial charge on any atom is 0.409 e. The zero-order valence-electron chi connectivity index (χ0n) is 12.8. The minimum absolute atomic E-state index is 0.0989. The minimum Gasteiger partial charge on any atom is -0.450 e. The van der Waals surface area contributed by atoms with Crippen LogP contribution in [0.4, 0.5) is 4.79 Å². The van der Waals surface area contributed by atoms with Gasteiger partial charge in [-0.3, -0.25) is 0 Å². The lowest BCUT2D eigenvalue weighted by atomic mass is 9.97. The topological polar surface area (TPSA) is 29.5 Å². The summed E-state index contributed by atoms with van der Waals surface area (Å²) in [6.07, 6.45) is 12.6. The van der Waals surface area contributed by atoms with Crippen molar-refractivity contribution in [2.24, 2.45) is 0 Å². The molecule has 0 aromatic heterocycles. The van der Waals surface area contributed by atoms with Crippen molar-refractivity contribution in [2.45, 2.75) is 84.1 Å². The summed E-state index contributed by atoms with van der Waals surface area (Å²) in [5, 5.41) is 0. The summed E-state index contributed by atoms with van der Waals surface area (Å²) >= 11 is 0. The monoisotopic (exact) mass is 269 g/mol. The van der Waals surface area contributed by atoms with E-state index in [0.29, 0.717) is 12.6 Å². The molecular formula is C16H31NO2. The second-order valence-electron chi connectivity index (χ2n) is 5.60. The van der Waals surface area contributed by atoms with Gasteiger partial charge in [-0.1, -0.05) is 45.4 Å². The van der Waals surface area contributed by atoms with Gasteiger partial charge in [-0.15, -0.1) is 0 Å². The Kier molecular flexibility index (Phi) is 8.68. The van der Waals surface area contributed by atoms with Gasteiger partial charge in [0, 0.05) is 12.6 Å². The fourth-order valence-corrected chi connectivity index (χ4v) is 2.91. The molecule has 1 aliphatic heterocycles. The van der Waals surface area contributed by atoms with Crippen LogP contribution >= 0.6 is 0 Å². The van der Waals surface area contributed by atoms with Crippen LogP contribution in [0.5, 0.6) is 0 Å². The van der Waals surface area contributed by atoms with E-state index >= 15 is 0 Å². The summed E-state index contributed by atoms with van der Waals surface area (Å²) in [6.45, 7) is 5.50. The van der Waals surface area contributed by atoms with Crippen LogP contribution in [0.25, 0.3) is 0 Å². The maximum atomic E-state index is 11.9. The Hall–Kier alpha value is -0.730. The SMILES string of the molecule is CCCCCCCCC1CCCCN1C(=O)OCC. The lowest BCUT2D eigenvalue weighted by Crippen LogP contribution is -2.44. The molecular weight excluding hydrogens is 238 g/mol. The average Bonchev–Trinajstić information content (AvgIpc) is 2.43. The number of amides is 1. The number of ether oxygens (including phenoxy) is 1. The van der Waals surface area contributed by atoms with Crippen LogP contribution in [-0.2, 0) is 4.74 Å². The molecule has 19 heavy (non-hydrogen) atoms. The van der Waals surface area contributed by atoms with E-state index in [4.69, 9.17) is 4.74 Å². The molecule has 0 spiro atoms. The highest BCUT2D eigenvalue weighted by Crippen LogP contribution is 2.23. The Morgan fingerprint density at radius 3 is 2.58 bits per heavy atom. The molecule has 3 nitrogen and oxygen atoms in total. The third-order valence-electron chi connectivity index (χ3n) is 4.02. The number of nitrogens with zero attached hydrogens (tertiary/aromatic N) is 1. The van der Waals surface area contributed by atoms with Gasteiger partial charge in [0.15, 0.2) is 0 Å². The van der Waals surface area contributed by atoms with Crippen LogP contribution in [0.3, 0.4) is 0 Å². The van der Waals surface area contributed by atoms with Crippen molar-refractivity contribution >= 4 is 6.09 Å². The van der Waals surface area contributed by atoms with E-state index in [9.17, 15) is 4.79 Å². The number of rotatable bonds is 8. The zero-order chi connectivity index (χ0) is 13.9. The van der Waals surface area contributed by atoms with Crippen molar-refractivity contribution in [3.63, 3.8) is 0 Å². The molecule has 0 radical (unpaired) electrons. The number of hydrogen-bond donors (Lipinski definition) is 0. The normalized spacial score (nSPS) is 19.5. The molecule has 1 aliphatic rings. The van der Waals surface area contributed by atoms with Crippen LogP contribution in [0, 0.1) is 0 Å². The van der Waals surface area contributed by atoms with Gasteiger partial charge in [0.05, 0.1) is 6.61 Å². The van der Waals surface area contributed by atoms with Crippen LogP contribution in [0.2, 0.25) is 0 Å². The average molecular weight is 269 g/mol. The second kappa shape index (κ2) is 10.1. The van der Waals surface area contributed by atoms with Gasteiger partial charge in [-0.2, -0.15) is 0 Å². The van der Waals surface area contributed by atoms with Crippen molar-refractivity contribution in [1.29, 1.82) is 0 Å². The van der Waals surface area contributed by atoms with Crippen molar-refractivity contribution in [2.75, 3.05) is 13.2 Å². The highest BCUT2D eigenvalue weighted by molar-refractivity contribution is 5.68. The van der Waals surface area contributed by atoms with Gasteiger partial charge in [-0.25, -0.2) is 4.79 Å². The molecule has 1 atom stereocenters. The molecule has 0 N–H and O–H groups in total. The van der Waals surface area contributed by atoms with E-state index < -0.39 is 0 Å². The Bertz CT molecular complexity index is 243. The van der Waals surface area contributed by atoms with Crippen LogP contribution < -0.4 is 0 Å². The summed E-state index contributed by atoms with van der Waals surface area (Å²) in [7, 11) is 0. The van der Waals surface area contributed by atoms with E-state index in [1.807, 2.05) is 11.8 Å². The lowest BCUT2D eigenvalue weighted by Gasteiger charge is -2.35. The molecule has 0 bridgehead atoms. The molecule has 1 amide bonds. The molecule has 3 heteroatoms. The first-order chi connectivity index (χ1) is 9.29. The van der Waals surface area contributed by atoms with E-state index in [0.717, 1.165) is 25.8 Å². The maximum absolute atomic E-state index is 11.9. The summed E-state index contributed by atoms with van der Waals surface area (Å²) in [4.78, 5) is 13.9.